The van der Waals surface area contributed by atoms with E-state index in [-0.39, 0.29) is 25.7 Å². The van der Waals surface area contributed by atoms with Crippen molar-refractivity contribution in [3.8, 4) is 0 Å². The number of nitrogens with two attached hydrogens (primary N) is 2. The zero-order chi connectivity index (χ0) is 38.7. The van der Waals surface area contributed by atoms with Gasteiger partial charge in [-0.15, -0.1) is 0 Å². The molecule has 20 nitrogen and oxygen atoms in total. The first-order chi connectivity index (χ1) is 23.2. The van der Waals surface area contributed by atoms with Gasteiger partial charge in [0.25, 0.3) is 0 Å². The maximum atomic E-state index is 13.2. The number of thioether (sulfide) groups is 1. The first-order valence-electron chi connectivity index (χ1n) is 15.7. The van der Waals surface area contributed by atoms with Crippen LogP contribution in [-0.2, 0) is 43.2 Å². The lowest BCUT2D eigenvalue weighted by atomic mass is 10.0. The Morgan fingerprint density at radius 1 is 0.620 bits per heavy atom. The topological polar surface area (TPSA) is 339 Å². The molecule has 0 aromatic carbocycles. The molecule has 0 aliphatic carbocycles. The third kappa shape index (κ3) is 17.2. The van der Waals surface area contributed by atoms with E-state index in [2.05, 4.69) is 31.9 Å². The Morgan fingerprint density at radius 2 is 1.06 bits per heavy atom. The highest BCUT2D eigenvalue weighted by atomic mass is 32.2. The second kappa shape index (κ2) is 23.0. The van der Waals surface area contributed by atoms with Crippen molar-refractivity contribution in [3.63, 3.8) is 0 Å². The fourth-order valence-corrected chi connectivity index (χ4v) is 4.55. The van der Waals surface area contributed by atoms with Gasteiger partial charge in [0.1, 0.15) is 36.3 Å². The van der Waals surface area contributed by atoms with E-state index in [1.165, 1.54) is 39.5 Å². The number of carboxylic acid groups (broad SMARTS) is 2. The summed E-state index contributed by atoms with van der Waals surface area (Å²) in [4.78, 5) is 111. The number of carbonyl (C=O) groups excluding carboxylic acids is 7. The van der Waals surface area contributed by atoms with Crippen molar-refractivity contribution in [3.05, 3.63) is 0 Å². The van der Waals surface area contributed by atoms with Crippen LogP contribution in [-0.4, -0.2) is 130 Å². The number of primary amides is 1. The van der Waals surface area contributed by atoms with Gasteiger partial charge in [0.15, 0.2) is 0 Å². The normalized spacial score (nSPS) is 15.1. The number of amides is 7. The number of aliphatic hydroxyl groups is 1. The molecule has 0 aromatic rings. The first kappa shape index (κ1) is 45.5. The summed E-state index contributed by atoms with van der Waals surface area (Å²) in [6, 6.07) is -9.42. The monoisotopic (exact) mass is 734 g/mol. The molecule has 0 radical (unpaired) electrons. The highest BCUT2D eigenvalue weighted by Crippen LogP contribution is 2.07. The Bertz CT molecular complexity index is 1230. The molecular weight excluding hydrogens is 684 g/mol. The van der Waals surface area contributed by atoms with E-state index >= 15 is 0 Å². The lowest BCUT2D eigenvalue weighted by Crippen LogP contribution is -2.60. The average molecular weight is 735 g/mol. The number of aliphatic hydroxyl groups excluding tert-OH is 1. The molecule has 50 heavy (non-hydrogen) atoms. The highest BCUT2D eigenvalue weighted by molar-refractivity contribution is 7.98. The minimum atomic E-state index is -1.67. The smallest absolute Gasteiger partial charge is 0.326 e. The van der Waals surface area contributed by atoms with Crippen LogP contribution in [0.4, 0.5) is 0 Å². The minimum absolute atomic E-state index is 0.0281. The SMILES string of the molecule is CSCC[C@H](NC(=O)[C@H](C)NC(=O)[C@H](CCC(=O)O)NC(=O)[C@H](C)N)C(=O)N[C@@H](CO)C(=O)N[C@@H](CCC(N)=O)C(=O)N[C@H](C(=O)O)C(C)C. The molecule has 7 amide bonds. The van der Waals surface area contributed by atoms with Crippen LogP contribution in [0.25, 0.3) is 0 Å². The Balaban J connectivity index is 5.80. The summed E-state index contributed by atoms with van der Waals surface area (Å²) in [5.74, 6) is -9.02. The summed E-state index contributed by atoms with van der Waals surface area (Å²) in [6.45, 7) is 4.74. The minimum Gasteiger partial charge on any atom is -0.481 e. The number of rotatable bonds is 24. The van der Waals surface area contributed by atoms with Crippen molar-refractivity contribution in [1.29, 1.82) is 0 Å². The molecule has 0 unspecified atom stereocenters. The second-order valence-corrected chi connectivity index (χ2v) is 12.7. The van der Waals surface area contributed by atoms with Crippen LogP contribution in [0.5, 0.6) is 0 Å². The van der Waals surface area contributed by atoms with Gasteiger partial charge in [0.2, 0.25) is 41.4 Å². The van der Waals surface area contributed by atoms with E-state index in [4.69, 9.17) is 16.6 Å². The van der Waals surface area contributed by atoms with Gasteiger partial charge in [0, 0.05) is 12.8 Å². The maximum absolute atomic E-state index is 13.2. The Morgan fingerprint density at radius 3 is 1.52 bits per heavy atom. The van der Waals surface area contributed by atoms with Crippen LogP contribution >= 0.6 is 11.8 Å². The van der Waals surface area contributed by atoms with Gasteiger partial charge in [-0.1, -0.05) is 13.8 Å². The molecule has 0 saturated heterocycles. The molecule has 0 heterocycles. The van der Waals surface area contributed by atoms with E-state index < -0.39 is 115 Å². The number of aliphatic carboxylic acids is 2. The quantitative estimate of drug-likeness (QED) is 0.0449. The van der Waals surface area contributed by atoms with Crippen LogP contribution in [0.2, 0.25) is 0 Å². The molecule has 284 valence electrons. The van der Waals surface area contributed by atoms with Crippen molar-refractivity contribution in [2.45, 2.75) is 102 Å². The van der Waals surface area contributed by atoms with Crippen LogP contribution in [0.3, 0.4) is 0 Å². The lowest BCUT2D eigenvalue weighted by molar-refractivity contribution is -0.143. The van der Waals surface area contributed by atoms with E-state index in [9.17, 15) is 53.4 Å². The summed E-state index contributed by atoms with van der Waals surface area (Å²) in [5, 5.41) is 42.3. The molecule has 0 rings (SSSR count). The summed E-state index contributed by atoms with van der Waals surface area (Å²) in [5.41, 5.74) is 10.7. The Labute approximate surface area is 293 Å². The zero-order valence-electron chi connectivity index (χ0n) is 28.6. The van der Waals surface area contributed by atoms with E-state index in [1.54, 1.807) is 6.26 Å². The van der Waals surface area contributed by atoms with Gasteiger partial charge >= 0.3 is 11.9 Å². The molecule has 7 atom stereocenters. The van der Waals surface area contributed by atoms with Gasteiger partial charge in [-0.25, -0.2) is 4.79 Å². The second-order valence-electron chi connectivity index (χ2n) is 11.7. The van der Waals surface area contributed by atoms with Gasteiger partial charge < -0.3 is 58.7 Å². The van der Waals surface area contributed by atoms with Crippen molar-refractivity contribution >= 4 is 65.1 Å². The predicted octanol–water partition coefficient (Wildman–Crippen LogP) is -4.12. The first-order valence-corrected chi connectivity index (χ1v) is 17.0. The van der Waals surface area contributed by atoms with Gasteiger partial charge in [-0.3, -0.25) is 38.4 Å². The number of carbonyl (C=O) groups is 9. The largest absolute Gasteiger partial charge is 0.481 e. The van der Waals surface area contributed by atoms with Crippen LogP contribution in [0.1, 0.15) is 59.8 Å². The molecule has 13 N–H and O–H groups in total. The number of hydrogen-bond acceptors (Lipinski definition) is 12. The number of nitrogens with one attached hydrogen (secondary N) is 6. The third-order valence-electron chi connectivity index (χ3n) is 7.05. The van der Waals surface area contributed by atoms with Crippen molar-refractivity contribution in [2.24, 2.45) is 17.4 Å². The lowest BCUT2D eigenvalue weighted by Gasteiger charge is -2.26. The molecule has 0 spiro atoms. The van der Waals surface area contributed by atoms with Gasteiger partial charge in [-0.2, -0.15) is 11.8 Å². The van der Waals surface area contributed by atoms with Crippen molar-refractivity contribution < 1.29 is 58.5 Å². The number of carboxylic acids is 2. The van der Waals surface area contributed by atoms with Gasteiger partial charge in [0.05, 0.1) is 12.6 Å². The number of hydrogen-bond donors (Lipinski definition) is 11. The maximum Gasteiger partial charge on any atom is 0.326 e. The highest BCUT2D eigenvalue weighted by Gasteiger charge is 2.33. The van der Waals surface area contributed by atoms with Crippen LogP contribution in [0, 0.1) is 5.92 Å². The fourth-order valence-electron chi connectivity index (χ4n) is 4.08. The molecule has 0 aromatic heterocycles. The Kier molecular flexibility index (Phi) is 20.9. The molecule has 0 bridgehead atoms. The van der Waals surface area contributed by atoms with Gasteiger partial charge in [-0.05, 0) is 51.0 Å². The summed E-state index contributed by atoms with van der Waals surface area (Å²) < 4.78 is 0. The fraction of sp³-hybridized carbons (Fsp3) is 0.690. The zero-order valence-corrected chi connectivity index (χ0v) is 29.5. The summed E-state index contributed by atoms with van der Waals surface area (Å²) >= 11 is 1.32. The predicted molar refractivity (Wildman–Crippen MR) is 179 cm³/mol. The standard InChI is InChI=1S/C29H50N8O12S/c1-13(2)22(29(48)49)37-27(46)16(6-8-20(31)39)35-28(47)19(12-38)36-26(45)18(10-11-50-5)34-24(43)15(4)32-25(44)17(7-9-21(40)41)33-23(42)14(3)30/h13-19,22,38H,6-12,30H2,1-5H3,(H2,31,39)(H,32,44)(H,33,42)(H,34,43)(H,35,47)(H,36,45)(H,37,46)(H,40,41)(H,48,49)/t14-,15-,16-,17-,18-,19-,22-/m0/s1. The van der Waals surface area contributed by atoms with E-state index in [0.29, 0.717) is 5.75 Å². The summed E-state index contributed by atoms with van der Waals surface area (Å²) in [6.07, 6.45) is 0.269. The van der Waals surface area contributed by atoms with E-state index in [0.717, 1.165) is 0 Å². The van der Waals surface area contributed by atoms with Crippen LogP contribution < -0.4 is 43.4 Å². The molecular formula is C29H50N8O12S. The van der Waals surface area contributed by atoms with Crippen molar-refractivity contribution in [1.82, 2.24) is 31.9 Å². The van der Waals surface area contributed by atoms with E-state index in [1.807, 2.05) is 0 Å². The Hall–Kier alpha value is -4.50. The van der Waals surface area contributed by atoms with Crippen molar-refractivity contribution in [2.75, 3.05) is 18.6 Å². The van der Waals surface area contributed by atoms with Crippen LogP contribution in [0.15, 0.2) is 0 Å². The summed E-state index contributed by atoms with van der Waals surface area (Å²) in [7, 11) is 0. The average Bonchev–Trinajstić information content (AvgIpc) is 3.02. The molecule has 21 heteroatoms. The molecule has 0 aliphatic heterocycles. The molecule has 0 fully saturated rings. The third-order valence-corrected chi connectivity index (χ3v) is 7.69. The molecule has 0 saturated carbocycles. The molecule has 0 aliphatic rings.